The molecule has 0 aliphatic rings. The highest BCUT2D eigenvalue weighted by molar-refractivity contribution is 5.80. The van der Waals surface area contributed by atoms with Gasteiger partial charge in [-0.1, -0.05) is 0 Å². The lowest BCUT2D eigenvalue weighted by atomic mass is 10.3. The van der Waals surface area contributed by atoms with Crippen molar-refractivity contribution >= 4 is 5.78 Å². The van der Waals surface area contributed by atoms with Gasteiger partial charge in [-0.15, -0.1) is 0 Å². The number of Topliss-reactive ketones (excluding diaryl/α,β-unsaturated/α-hetero) is 1. The second-order valence-corrected chi connectivity index (χ2v) is 1.49. The highest BCUT2D eigenvalue weighted by atomic mass is 16.5. The van der Waals surface area contributed by atoms with Crippen LogP contribution in [0.4, 0.5) is 0 Å². The summed E-state index contributed by atoms with van der Waals surface area (Å²) < 4.78 is 4.64. The van der Waals surface area contributed by atoms with Crippen LogP contribution in [0.5, 0.6) is 0 Å². The van der Waals surface area contributed by atoms with Gasteiger partial charge in [0, 0.05) is 13.5 Å². The van der Waals surface area contributed by atoms with Crippen LogP contribution in [0.15, 0.2) is 0 Å². The summed E-state index contributed by atoms with van der Waals surface area (Å²) in [5.74, 6) is 0.0480. The van der Waals surface area contributed by atoms with Crippen molar-refractivity contribution in [3.8, 4) is 0 Å². The lowest BCUT2D eigenvalue weighted by Gasteiger charge is -1.93. The Morgan fingerprint density at radius 1 is 1.75 bits per heavy atom. The van der Waals surface area contributed by atoms with Crippen molar-refractivity contribution in [3.63, 3.8) is 0 Å². The van der Waals surface area contributed by atoms with E-state index in [9.17, 15) is 4.79 Å². The third-order valence-electron chi connectivity index (χ3n) is 0.813. The number of hydrogen-bond donors (Lipinski definition) is 1. The lowest BCUT2D eigenvalue weighted by Crippen LogP contribution is -2.14. The van der Waals surface area contributed by atoms with Crippen LogP contribution in [0, 0.1) is 0 Å². The molecule has 3 nitrogen and oxygen atoms in total. The molecule has 48 valence electrons. The van der Waals surface area contributed by atoms with Crippen molar-refractivity contribution in [1.82, 2.24) is 0 Å². The Bertz CT molecular complexity index is 72.8. The maximum atomic E-state index is 10.4. The molecule has 0 atom stereocenters. The largest absolute Gasteiger partial charge is 0.384 e. The summed E-state index contributed by atoms with van der Waals surface area (Å²) in [4.78, 5) is 10.4. The van der Waals surface area contributed by atoms with Crippen molar-refractivity contribution in [1.29, 1.82) is 0 Å². The van der Waals surface area contributed by atoms with Crippen LogP contribution in [0.3, 0.4) is 0 Å². The molecule has 0 amide bonds. The molecule has 0 aromatic carbocycles. The third-order valence-corrected chi connectivity index (χ3v) is 0.813. The van der Waals surface area contributed by atoms with Gasteiger partial charge < -0.3 is 10.5 Å². The Morgan fingerprint density at radius 3 is 2.75 bits per heavy atom. The van der Waals surface area contributed by atoms with Gasteiger partial charge >= 0.3 is 0 Å². The molecule has 0 aliphatic heterocycles. The van der Waals surface area contributed by atoms with E-state index in [0.717, 1.165) is 0 Å². The summed E-state index contributed by atoms with van der Waals surface area (Å²) >= 11 is 0. The van der Waals surface area contributed by atoms with Crippen molar-refractivity contribution in [2.75, 3.05) is 20.3 Å². The Morgan fingerprint density at radius 2 is 2.38 bits per heavy atom. The zero-order valence-electron chi connectivity index (χ0n) is 5.02. The first-order chi connectivity index (χ1) is 3.81. The van der Waals surface area contributed by atoms with Gasteiger partial charge in [0.15, 0.2) is 0 Å². The Kier molecular flexibility index (Phi) is 4.50. The van der Waals surface area contributed by atoms with Crippen molar-refractivity contribution in [3.05, 3.63) is 0 Å². The minimum atomic E-state index is 0.0480. The van der Waals surface area contributed by atoms with Gasteiger partial charge in [0.25, 0.3) is 0 Å². The molecule has 0 saturated carbocycles. The number of hydrogen-bond acceptors (Lipinski definition) is 3. The second kappa shape index (κ2) is 4.74. The fourth-order valence-corrected chi connectivity index (χ4v) is 0.318. The molecule has 3 heteroatoms. The maximum absolute atomic E-state index is 10.4. The van der Waals surface area contributed by atoms with E-state index in [1.165, 1.54) is 0 Å². The molecular weight excluding hydrogens is 106 g/mol. The Balaban J connectivity index is 2.99. The molecule has 0 bridgehead atoms. The van der Waals surface area contributed by atoms with Crippen LogP contribution >= 0.6 is 0 Å². The van der Waals surface area contributed by atoms with Crippen LogP contribution in [0.25, 0.3) is 0 Å². The van der Waals surface area contributed by atoms with E-state index >= 15 is 0 Å². The van der Waals surface area contributed by atoms with Gasteiger partial charge in [0.05, 0.1) is 13.2 Å². The number of ether oxygens (including phenoxy) is 1. The molecule has 0 aromatic rings. The first kappa shape index (κ1) is 7.59. The fraction of sp³-hybridized carbons (Fsp3) is 0.800. The molecule has 0 aromatic heterocycles. The summed E-state index contributed by atoms with van der Waals surface area (Å²) in [7, 11) is 1.56. The van der Waals surface area contributed by atoms with Crippen LogP contribution in [0.1, 0.15) is 6.42 Å². The molecule has 2 N–H and O–H groups in total. The molecule has 8 heavy (non-hydrogen) atoms. The standard InChI is InChI=1S/C5H11NO2/c1-8-3-2-5(7)4-6/h2-4,6H2,1H3. The number of methoxy groups -OCH3 is 1. The normalized spacial score (nSPS) is 9.25. The zero-order valence-corrected chi connectivity index (χ0v) is 5.02. The minimum absolute atomic E-state index is 0.0480. The number of ketones is 1. The molecule has 0 saturated heterocycles. The second-order valence-electron chi connectivity index (χ2n) is 1.49. The maximum Gasteiger partial charge on any atom is 0.148 e. The van der Waals surface area contributed by atoms with Gasteiger partial charge in [-0.3, -0.25) is 4.79 Å². The third kappa shape index (κ3) is 3.77. The highest BCUT2D eigenvalue weighted by Gasteiger charge is 1.94. The van der Waals surface area contributed by atoms with E-state index in [4.69, 9.17) is 5.73 Å². The molecule has 0 spiro atoms. The molecule has 0 fully saturated rings. The van der Waals surface area contributed by atoms with Gasteiger partial charge in [-0.05, 0) is 0 Å². The van der Waals surface area contributed by atoms with E-state index in [2.05, 4.69) is 4.74 Å². The van der Waals surface area contributed by atoms with Crippen molar-refractivity contribution in [2.45, 2.75) is 6.42 Å². The van der Waals surface area contributed by atoms with Gasteiger partial charge in [0.1, 0.15) is 5.78 Å². The van der Waals surface area contributed by atoms with E-state index in [1.54, 1.807) is 7.11 Å². The predicted octanol–water partition coefficient (Wildman–Crippen LogP) is -0.449. The molecule has 0 heterocycles. The van der Waals surface area contributed by atoms with Crippen LogP contribution < -0.4 is 5.73 Å². The van der Waals surface area contributed by atoms with Gasteiger partial charge in [-0.2, -0.15) is 0 Å². The number of nitrogens with two attached hydrogens (primary N) is 1. The first-order valence-corrected chi connectivity index (χ1v) is 2.52. The van der Waals surface area contributed by atoms with E-state index in [0.29, 0.717) is 13.0 Å². The number of rotatable bonds is 4. The molecular formula is C5H11NO2. The summed E-state index contributed by atoms with van der Waals surface area (Å²) in [6.07, 6.45) is 0.438. The highest BCUT2D eigenvalue weighted by Crippen LogP contribution is 1.79. The van der Waals surface area contributed by atoms with E-state index in [1.807, 2.05) is 0 Å². The molecule has 0 rings (SSSR count). The number of carbonyl (C=O) groups is 1. The average Bonchev–Trinajstić information content (AvgIpc) is 1.83. The van der Waals surface area contributed by atoms with Crippen LogP contribution in [-0.2, 0) is 9.53 Å². The topological polar surface area (TPSA) is 52.3 Å². The SMILES string of the molecule is COCCC(=O)CN. The molecule has 0 radical (unpaired) electrons. The van der Waals surface area contributed by atoms with Gasteiger partial charge in [0.2, 0.25) is 0 Å². The molecule has 0 aliphatic carbocycles. The fourth-order valence-electron chi connectivity index (χ4n) is 0.318. The van der Waals surface area contributed by atoms with Crippen molar-refractivity contribution < 1.29 is 9.53 Å². The Hall–Kier alpha value is -0.410. The van der Waals surface area contributed by atoms with E-state index < -0.39 is 0 Å². The van der Waals surface area contributed by atoms with E-state index in [-0.39, 0.29) is 12.3 Å². The number of carbonyl (C=O) groups excluding carboxylic acids is 1. The molecule has 0 unspecified atom stereocenters. The minimum Gasteiger partial charge on any atom is -0.384 e. The summed E-state index contributed by atoms with van der Waals surface area (Å²) in [5.41, 5.74) is 5.01. The summed E-state index contributed by atoms with van der Waals surface area (Å²) in [6, 6.07) is 0. The van der Waals surface area contributed by atoms with Crippen molar-refractivity contribution in [2.24, 2.45) is 5.73 Å². The average molecular weight is 117 g/mol. The van der Waals surface area contributed by atoms with Gasteiger partial charge in [-0.25, -0.2) is 0 Å². The van der Waals surface area contributed by atoms with Crippen LogP contribution in [0.2, 0.25) is 0 Å². The smallest absolute Gasteiger partial charge is 0.148 e. The van der Waals surface area contributed by atoms with Crippen LogP contribution in [-0.4, -0.2) is 26.0 Å². The quantitative estimate of drug-likeness (QED) is 0.542. The predicted molar refractivity (Wildman–Crippen MR) is 30.6 cm³/mol. The first-order valence-electron chi connectivity index (χ1n) is 2.52. The Labute approximate surface area is 48.8 Å². The summed E-state index contributed by atoms with van der Waals surface area (Å²) in [6.45, 7) is 0.611. The summed E-state index contributed by atoms with van der Waals surface area (Å²) in [5, 5.41) is 0. The zero-order chi connectivity index (χ0) is 6.41. The monoisotopic (exact) mass is 117 g/mol. The lowest BCUT2D eigenvalue weighted by molar-refractivity contribution is -0.118.